The van der Waals surface area contributed by atoms with Crippen LogP contribution in [-0.4, -0.2) is 21.4 Å². The molecule has 0 aliphatic heterocycles. The van der Waals surface area contributed by atoms with Crippen LogP contribution >= 0.6 is 8.03 Å². The summed E-state index contributed by atoms with van der Waals surface area (Å²) in [5.74, 6) is -0.977. The van der Waals surface area contributed by atoms with Crippen LogP contribution in [0.5, 0.6) is 5.75 Å². The van der Waals surface area contributed by atoms with Gasteiger partial charge in [0.05, 0.1) is 0 Å². The van der Waals surface area contributed by atoms with E-state index < -0.39 is 35.2 Å². The molecule has 6 nitrogen and oxygen atoms in total. The normalized spacial score (nSPS) is 14.1. The highest BCUT2D eigenvalue weighted by Crippen LogP contribution is 2.31. The Morgan fingerprint density at radius 1 is 1.21 bits per heavy atom. The number of benzene rings is 1. The number of rotatable bonds is 5. The van der Waals surface area contributed by atoms with Gasteiger partial charge in [0.1, 0.15) is 4.90 Å². The number of halogens is 3. The van der Waals surface area contributed by atoms with Crippen LogP contribution in [0.1, 0.15) is 0 Å². The molecule has 0 N–H and O–H groups in total. The van der Waals surface area contributed by atoms with E-state index in [0.29, 0.717) is 0 Å². The van der Waals surface area contributed by atoms with Gasteiger partial charge < -0.3 is 4.74 Å². The van der Waals surface area contributed by atoms with Gasteiger partial charge in [-0.05, 0) is 12.1 Å². The molecule has 108 valence electrons. The number of hydrogen-bond donors (Lipinski definition) is 0. The Bertz CT molecular complexity index is 570. The number of para-hydroxylation sites is 1. The van der Waals surface area contributed by atoms with E-state index >= 15 is 0 Å². The van der Waals surface area contributed by atoms with Crippen molar-refractivity contribution in [3.8, 4) is 5.75 Å². The molecule has 1 unspecified atom stereocenters. The van der Waals surface area contributed by atoms with Crippen LogP contribution in [0, 0.1) is 0 Å². The van der Waals surface area contributed by atoms with Gasteiger partial charge in [-0.2, -0.15) is 13.1 Å². The maximum Gasteiger partial charge on any atom is 0.573 e. The largest absolute Gasteiger partial charge is 0.573 e. The zero-order valence-electron chi connectivity index (χ0n) is 9.30. The van der Waals surface area contributed by atoms with Crippen LogP contribution < -0.4 is 4.74 Å². The Labute approximate surface area is 107 Å². The first-order valence-corrected chi connectivity index (χ1v) is 7.81. The molecule has 0 heterocycles. The van der Waals surface area contributed by atoms with Crippen LogP contribution in [0.4, 0.5) is 13.2 Å². The van der Waals surface area contributed by atoms with Gasteiger partial charge in [-0.3, -0.25) is 4.57 Å². The summed E-state index contributed by atoms with van der Waals surface area (Å²) in [5.41, 5.74) is 0. The molecule has 0 aromatic heterocycles. The molecule has 0 radical (unpaired) electrons. The minimum Gasteiger partial charge on any atom is -0.404 e. The lowest BCUT2D eigenvalue weighted by atomic mass is 10.3. The Morgan fingerprint density at radius 3 is 2.32 bits per heavy atom. The molecule has 0 aliphatic carbocycles. The highest BCUT2D eigenvalue weighted by Gasteiger charge is 2.34. The zero-order valence-corrected chi connectivity index (χ0v) is 11.1. The molecule has 11 heteroatoms. The highest BCUT2D eigenvalue weighted by atomic mass is 32.2. The van der Waals surface area contributed by atoms with E-state index in [2.05, 4.69) is 13.7 Å². The maximum absolute atomic E-state index is 12.1. The molecule has 1 aromatic rings. The smallest absolute Gasteiger partial charge is 0.404 e. The van der Waals surface area contributed by atoms with E-state index in [4.69, 9.17) is 0 Å². The van der Waals surface area contributed by atoms with E-state index in [1.807, 2.05) is 0 Å². The topological polar surface area (TPSA) is 78.9 Å². The SMILES string of the molecule is C[PH](=O)OOS(=O)(=O)c1ccccc1OC(F)(F)F. The fraction of sp³-hybridized carbons (Fsp3) is 0.250. The third-order valence-corrected chi connectivity index (χ3v) is 3.15. The number of hydrogen-bond acceptors (Lipinski definition) is 6. The Hall–Kier alpha value is -1.09. The van der Waals surface area contributed by atoms with Crippen molar-refractivity contribution in [1.82, 2.24) is 0 Å². The monoisotopic (exact) mass is 320 g/mol. The minimum atomic E-state index is -5.06. The van der Waals surface area contributed by atoms with Crippen LogP contribution in [-0.2, 0) is 23.7 Å². The lowest BCUT2D eigenvalue weighted by molar-refractivity contribution is -0.275. The molecule has 0 bridgehead atoms. The molecule has 1 aromatic carbocycles. The molecular formula is C8H8F3O6PS. The van der Waals surface area contributed by atoms with Gasteiger partial charge in [-0.1, -0.05) is 16.5 Å². The van der Waals surface area contributed by atoms with Gasteiger partial charge in [0.2, 0.25) is 8.03 Å². The summed E-state index contributed by atoms with van der Waals surface area (Å²) in [6.07, 6.45) is -5.06. The number of ether oxygens (including phenoxy) is 1. The molecule has 0 fully saturated rings. The van der Waals surface area contributed by atoms with Gasteiger partial charge in [-0.25, -0.2) is 0 Å². The summed E-state index contributed by atoms with van der Waals surface area (Å²) < 4.78 is 81.3. The third-order valence-electron chi connectivity index (χ3n) is 1.59. The average molecular weight is 320 g/mol. The second-order valence-electron chi connectivity index (χ2n) is 3.09. The molecule has 19 heavy (non-hydrogen) atoms. The van der Waals surface area contributed by atoms with Crippen molar-refractivity contribution < 1.29 is 39.9 Å². The van der Waals surface area contributed by atoms with Crippen molar-refractivity contribution in [3.05, 3.63) is 24.3 Å². The molecule has 1 atom stereocenters. The van der Waals surface area contributed by atoms with E-state index in [-0.39, 0.29) is 0 Å². The fourth-order valence-corrected chi connectivity index (χ4v) is 2.41. The predicted octanol–water partition coefficient (Wildman–Crippen LogP) is 2.33. The summed E-state index contributed by atoms with van der Waals surface area (Å²) in [7, 11) is -7.42. The Balaban J connectivity index is 3.09. The van der Waals surface area contributed by atoms with Gasteiger partial charge in [-0.15, -0.1) is 13.2 Å². The maximum atomic E-state index is 12.1. The first kappa shape index (κ1) is 16.0. The summed E-state index contributed by atoms with van der Waals surface area (Å²) in [6, 6.07) is 3.92. The summed E-state index contributed by atoms with van der Waals surface area (Å²) in [4.78, 5) is -0.893. The van der Waals surface area contributed by atoms with Crippen LogP contribution in [0.3, 0.4) is 0 Å². The standard InChI is InChI=1S/C8H8F3O6PS/c1-18(12)16-17-19(13,14)7-5-3-2-4-6(7)15-8(9,10)11/h2-5,18H,1H3. The summed E-state index contributed by atoms with van der Waals surface area (Å²) >= 11 is 0. The molecule has 0 saturated carbocycles. The van der Waals surface area contributed by atoms with Gasteiger partial charge in [0.15, 0.2) is 5.75 Å². The van der Waals surface area contributed by atoms with E-state index in [1.165, 1.54) is 0 Å². The van der Waals surface area contributed by atoms with E-state index in [0.717, 1.165) is 30.9 Å². The van der Waals surface area contributed by atoms with Crippen molar-refractivity contribution >= 4 is 18.1 Å². The van der Waals surface area contributed by atoms with Crippen molar-refractivity contribution in [2.45, 2.75) is 11.3 Å². The van der Waals surface area contributed by atoms with Crippen molar-refractivity contribution in [1.29, 1.82) is 0 Å². The Morgan fingerprint density at radius 2 is 1.79 bits per heavy atom. The Kier molecular flexibility index (Phi) is 4.97. The second-order valence-corrected chi connectivity index (χ2v) is 5.73. The number of alkyl halides is 3. The minimum absolute atomic E-state index is 0.790. The van der Waals surface area contributed by atoms with E-state index in [1.54, 1.807) is 0 Å². The molecular weight excluding hydrogens is 312 g/mol. The molecule has 1 rings (SSSR count). The second kappa shape index (κ2) is 5.91. The quantitative estimate of drug-likeness (QED) is 0.471. The van der Waals surface area contributed by atoms with Crippen LogP contribution in [0.15, 0.2) is 29.2 Å². The van der Waals surface area contributed by atoms with Crippen molar-refractivity contribution in [2.75, 3.05) is 6.66 Å². The van der Waals surface area contributed by atoms with Crippen LogP contribution in [0.2, 0.25) is 0 Å². The van der Waals surface area contributed by atoms with Crippen LogP contribution in [0.25, 0.3) is 0 Å². The predicted molar refractivity (Wildman–Crippen MR) is 57.4 cm³/mol. The van der Waals surface area contributed by atoms with Gasteiger partial charge in [0.25, 0.3) is 0 Å². The average Bonchev–Trinajstić information content (AvgIpc) is 2.25. The fourth-order valence-electron chi connectivity index (χ4n) is 0.995. The molecule has 0 aliphatic rings. The van der Waals surface area contributed by atoms with Crippen molar-refractivity contribution in [2.24, 2.45) is 0 Å². The third kappa shape index (κ3) is 5.19. The van der Waals surface area contributed by atoms with Gasteiger partial charge >= 0.3 is 16.5 Å². The molecule has 0 saturated heterocycles. The summed E-state index contributed by atoms with van der Waals surface area (Å²) in [6.45, 7) is 1.04. The first-order chi connectivity index (χ1) is 8.62. The highest BCUT2D eigenvalue weighted by molar-refractivity contribution is 7.86. The molecule has 0 spiro atoms. The lowest BCUT2D eigenvalue weighted by Gasteiger charge is -2.12. The van der Waals surface area contributed by atoms with E-state index in [9.17, 15) is 26.2 Å². The van der Waals surface area contributed by atoms with Gasteiger partial charge in [0, 0.05) is 6.66 Å². The molecule has 0 amide bonds. The van der Waals surface area contributed by atoms with Crippen molar-refractivity contribution in [3.63, 3.8) is 0 Å². The lowest BCUT2D eigenvalue weighted by Crippen LogP contribution is -2.19. The zero-order chi connectivity index (χ0) is 14.7. The first-order valence-electron chi connectivity index (χ1n) is 4.58. The summed E-state index contributed by atoms with van der Waals surface area (Å²) in [5, 5.41) is 0.